The Labute approximate surface area is 164 Å². The van der Waals surface area contributed by atoms with Crippen molar-refractivity contribution in [3.63, 3.8) is 0 Å². The summed E-state index contributed by atoms with van der Waals surface area (Å²) in [6.07, 6.45) is 8.76. The number of hydrogen-bond acceptors (Lipinski definition) is 4. The monoisotopic (exact) mass is 410 g/mol. The SMILES string of the molecule is O=C(NCCCn1ccnc1)c1cc(S(=O)(=O)N2CCCCC2)ccc1Cl. The quantitative estimate of drug-likeness (QED) is 0.711. The standard InChI is InChI=1S/C18H23ClN4O3S/c19-17-6-5-15(27(25,26)23-10-2-1-3-11-23)13-16(17)18(24)21-7-4-9-22-12-8-20-14-22/h5-6,8,12-14H,1-4,7,9-11H2,(H,21,24). The number of hydrogen-bond donors (Lipinski definition) is 1. The molecule has 7 nitrogen and oxygen atoms in total. The normalized spacial score (nSPS) is 15.6. The van der Waals surface area contributed by atoms with E-state index in [2.05, 4.69) is 10.3 Å². The van der Waals surface area contributed by atoms with Crippen molar-refractivity contribution >= 4 is 27.5 Å². The molecule has 0 aliphatic carbocycles. The van der Waals surface area contributed by atoms with E-state index in [0.717, 1.165) is 32.2 Å². The van der Waals surface area contributed by atoms with Crippen LogP contribution < -0.4 is 5.32 Å². The molecular formula is C18H23ClN4O3S. The Morgan fingerprint density at radius 1 is 1.22 bits per heavy atom. The van der Waals surface area contributed by atoms with Crippen LogP contribution in [0.15, 0.2) is 41.8 Å². The molecule has 2 heterocycles. The zero-order valence-corrected chi connectivity index (χ0v) is 16.5. The van der Waals surface area contributed by atoms with Gasteiger partial charge in [0, 0.05) is 38.6 Å². The average Bonchev–Trinajstić information content (AvgIpc) is 3.19. The Hall–Kier alpha value is -1.90. The fraction of sp³-hybridized carbons (Fsp3) is 0.444. The Morgan fingerprint density at radius 2 is 2.00 bits per heavy atom. The number of aromatic nitrogens is 2. The minimum absolute atomic E-state index is 0.109. The summed E-state index contributed by atoms with van der Waals surface area (Å²) in [6, 6.07) is 4.30. The topological polar surface area (TPSA) is 84.3 Å². The summed E-state index contributed by atoms with van der Waals surface area (Å²) in [5.74, 6) is -0.374. The summed E-state index contributed by atoms with van der Waals surface area (Å²) in [5, 5.41) is 3.03. The molecule has 0 spiro atoms. The van der Waals surface area contributed by atoms with Crippen LogP contribution in [0, 0.1) is 0 Å². The molecule has 0 saturated carbocycles. The van der Waals surface area contributed by atoms with E-state index in [1.807, 2.05) is 10.8 Å². The van der Waals surface area contributed by atoms with Crippen molar-refractivity contribution in [3.8, 4) is 0 Å². The Balaban J connectivity index is 1.66. The summed E-state index contributed by atoms with van der Waals surface area (Å²) < 4.78 is 29.0. The zero-order valence-electron chi connectivity index (χ0n) is 15.0. The van der Waals surface area contributed by atoms with E-state index in [4.69, 9.17) is 11.6 Å². The summed E-state index contributed by atoms with van der Waals surface area (Å²) in [5.41, 5.74) is 0.178. The maximum Gasteiger partial charge on any atom is 0.252 e. The first-order valence-corrected chi connectivity index (χ1v) is 10.8. The van der Waals surface area contributed by atoms with Gasteiger partial charge in [0.05, 0.1) is 21.8 Å². The van der Waals surface area contributed by atoms with Gasteiger partial charge in [0.1, 0.15) is 0 Å². The Morgan fingerprint density at radius 3 is 2.70 bits per heavy atom. The molecule has 27 heavy (non-hydrogen) atoms. The van der Waals surface area contributed by atoms with Crippen molar-refractivity contribution in [1.82, 2.24) is 19.2 Å². The molecule has 1 aliphatic rings. The van der Waals surface area contributed by atoms with Gasteiger partial charge in [-0.1, -0.05) is 18.0 Å². The summed E-state index contributed by atoms with van der Waals surface area (Å²) in [6.45, 7) is 2.22. The molecule has 1 fully saturated rings. The van der Waals surface area contributed by atoms with Crippen molar-refractivity contribution in [2.24, 2.45) is 0 Å². The van der Waals surface area contributed by atoms with Crippen LogP contribution >= 0.6 is 11.6 Å². The van der Waals surface area contributed by atoms with E-state index in [1.54, 1.807) is 12.5 Å². The lowest BCUT2D eigenvalue weighted by atomic mass is 10.2. The number of nitrogens with zero attached hydrogens (tertiary/aromatic N) is 3. The number of carbonyl (C=O) groups is 1. The molecule has 1 aromatic heterocycles. The minimum Gasteiger partial charge on any atom is -0.352 e. The number of imidazole rings is 1. The number of carbonyl (C=O) groups excluding carboxylic acids is 1. The molecule has 1 N–H and O–H groups in total. The predicted octanol–water partition coefficient (Wildman–Crippen LogP) is 2.53. The maximum atomic E-state index is 12.8. The number of sulfonamides is 1. The molecule has 2 aromatic rings. The number of amides is 1. The molecule has 0 atom stereocenters. The highest BCUT2D eigenvalue weighted by Crippen LogP contribution is 2.25. The fourth-order valence-corrected chi connectivity index (χ4v) is 4.82. The van der Waals surface area contributed by atoms with Crippen LogP contribution in [0.1, 0.15) is 36.0 Å². The van der Waals surface area contributed by atoms with Crippen LogP contribution in [0.3, 0.4) is 0 Å². The minimum atomic E-state index is -3.61. The first kappa shape index (κ1) is 19.9. The van der Waals surface area contributed by atoms with Crippen molar-refractivity contribution in [2.45, 2.75) is 37.1 Å². The number of benzene rings is 1. The fourth-order valence-electron chi connectivity index (χ4n) is 3.07. The summed E-state index contributed by atoms with van der Waals surface area (Å²) in [7, 11) is -3.61. The van der Waals surface area contributed by atoms with Crippen molar-refractivity contribution in [1.29, 1.82) is 0 Å². The summed E-state index contributed by atoms with van der Waals surface area (Å²) in [4.78, 5) is 16.5. The lowest BCUT2D eigenvalue weighted by Crippen LogP contribution is -2.35. The molecule has 1 saturated heterocycles. The van der Waals surface area contributed by atoms with Gasteiger partial charge in [-0.05, 0) is 37.5 Å². The van der Waals surface area contributed by atoms with Crippen LogP contribution in [0.4, 0.5) is 0 Å². The Kier molecular flexibility index (Phi) is 6.51. The van der Waals surface area contributed by atoms with Gasteiger partial charge in [-0.3, -0.25) is 4.79 Å². The van der Waals surface area contributed by atoms with Crippen LogP contribution in [0.2, 0.25) is 5.02 Å². The second-order valence-electron chi connectivity index (χ2n) is 6.52. The highest BCUT2D eigenvalue weighted by atomic mass is 35.5. The lowest BCUT2D eigenvalue weighted by Gasteiger charge is -2.26. The highest BCUT2D eigenvalue weighted by molar-refractivity contribution is 7.89. The first-order valence-electron chi connectivity index (χ1n) is 9.02. The third-order valence-electron chi connectivity index (χ3n) is 4.57. The highest BCUT2D eigenvalue weighted by Gasteiger charge is 2.27. The zero-order chi connectivity index (χ0) is 19.3. The number of nitrogens with one attached hydrogen (secondary N) is 1. The molecule has 0 bridgehead atoms. The van der Waals surface area contributed by atoms with Gasteiger partial charge in [-0.15, -0.1) is 0 Å². The number of piperidine rings is 1. The van der Waals surface area contributed by atoms with E-state index in [-0.39, 0.29) is 21.4 Å². The van der Waals surface area contributed by atoms with Crippen LogP contribution in [-0.2, 0) is 16.6 Å². The molecule has 0 unspecified atom stereocenters. The van der Waals surface area contributed by atoms with E-state index < -0.39 is 10.0 Å². The first-order chi connectivity index (χ1) is 13.0. The average molecular weight is 411 g/mol. The predicted molar refractivity (Wildman–Crippen MR) is 103 cm³/mol. The molecule has 1 aromatic carbocycles. The van der Waals surface area contributed by atoms with Gasteiger partial charge in [-0.2, -0.15) is 4.31 Å². The smallest absolute Gasteiger partial charge is 0.252 e. The van der Waals surface area contributed by atoms with Crippen LogP contribution in [0.25, 0.3) is 0 Å². The number of aryl methyl sites for hydroxylation is 1. The van der Waals surface area contributed by atoms with E-state index in [0.29, 0.717) is 19.6 Å². The van der Waals surface area contributed by atoms with Crippen LogP contribution in [0.5, 0.6) is 0 Å². The Bertz CT molecular complexity index is 878. The van der Waals surface area contributed by atoms with Crippen LogP contribution in [-0.4, -0.2) is 47.8 Å². The second kappa shape index (κ2) is 8.86. The van der Waals surface area contributed by atoms with E-state index in [1.165, 1.54) is 22.5 Å². The van der Waals surface area contributed by atoms with E-state index >= 15 is 0 Å². The second-order valence-corrected chi connectivity index (χ2v) is 8.86. The van der Waals surface area contributed by atoms with Gasteiger partial charge in [0.2, 0.25) is 10.0 Å². The molecule has 1 aliphatic heterocycles. The van der Waals surface area contributed by atoms with Crippen molar-refractivity contribution in [3.05, 3.63) is 47.5 Å². The lowest BCUT2D eigenvalue weighted by molar-refractivity contribution is 0.0952. The third kappa shape index (κ3) is 4.88. The van der Waals surface area contributed by atoms with E-state index in [9.17, 15) is 13.2 Å². The summed E-state index contributed by atoms with van der Waals surface area (Å²) >= 11 is 6.14. The van der Waals surface area contributed by atoms with Crippen molar-refractivity contribution < 1.29 is 13.2 Å². The molecule has 0 radical (unpaired) electrons. The molecule has 3 rings (SSSR count). The largest absolute Gasteiger partial charge is 0.352 e. The molecule has 146 valence electrons. The third-order valence-corrected chi connectivity index (χ3v) is 6.80. The van der Waals surface area contributed by atoms with Gasteiger partial charge in [-0.25, -0.2) is 13.4 Å². The van der Waals surface area contributed by atoms with Gasteiger partial charge < -0.3 is 9.88 Å². The van der Waals surface area contributed by atoms with Crippen molar-refractivity contribution in [2.75, 3.05) is 19.6 Å². The van der Waals surface area contributed by atoms with Gasteiger partial charge >= 0.3 is 0 Å². The number of halogens is 1. The molecule has 9 heteroatoms. The van der Waals surface area contributed by atoms with Gasteiger partial charge in [0.15, 0.2) is 0 Å². The number of rotatable bonds is 7. The molecular weight excluding hydrogens is 388 g/mol. The molecule has 1 amide bonds. The maximum absolute atomic E-state index is 12.8. The van der Waals surface area contributed by atoms with Gasteiger partial charge in [0.25, 0.3) is 5.91 Å².